The van der Waals surface area contributed by atoms with Gasteiger partial charge in [-0.15, -0.1) is 0 Å². The smallest absolute Gasteiger partial charge is 0.335 e. The number of benzene rings is 1. The van der Waals surface area contributed by atoms with Gasteiger partial charge in [0.15, 0.2) is 0 Å². The van der Waals surface area contributed by atoms with Crippen LogP contribution < -0.4 is 5.32 Å². The van der Waals surface area contributed by atoms with Crippen LogP contribution in [0.2, 0.25) is 0 Å². The summed E-state index contributed by atoms with van der Waals surface area (Å²) in [7, 11) is 0. The minimum absolute atomic E-state index is 0.0282. The molecule has 1 saturated heterocycles. The number of allylic oxidation sites excluding steroid dienone is 3. The molecule has 9 atom stereocenters. The van der Waals surface area contributed by atoms with Crippen LogP contribution in [0.25, 0.3) is 5.57 Å². The highest BCUT2D eigenvalue weighted by Gasteiger charge is 2.70. The number of nitrogens with one attached hydrogen (secondary N) is 1. The molecule has 5 heteroatoms. The van der Waals surface area contributed by atoms with E-state index in [-0.39, 0.29) is 10.8 Å². The first-order valence-corrected chi connectivity index (χ1v) is 19.4. The van der Waals surface area contributed by atoms with Crippen molar-refractivity contribution in [3.63, 3.8) is 0 Å². The van der Waals surface area contributed by atoms with E-state index in [9.17, 15) is 14.7 Å². The predicted molar refractivity (Wildman–Crippen MR) is 194 cm³/mol. The molecule has 2 N–H and O–H groups in total. The van der Waals surface area contributed by atoms with E-state index in [0.29, 0.717) is 51.4 Å². The first-order chi connectivity index (χ1) is 22.7. The van der Waals surface area contributed by atoms with Crippen LogP contribution in [-0.2, 0) is 4.79 Å². The van der Waals surface area contributed by atoms with Crippen molar-refractivity contribution in [2.45, 2.75) is 112 Å². The predicted octanol–water partition coefficient (Wildman–Crippen LogP) is 9.25. The molecule has 48 heavy (non-hydrogen) atoms. The van der Waals surface area contributed by atoms with Crippen LogP contribution in [-0.4, -0.2) is 48.1 Å². The lowest BCUT2D eigenvalue weighted by molar-refractivity contribution is -0.225. The van der Waals surface area contributed by atoms with Crippen molar-refractivity contribution < 1.29 is 14.7 Å². The van der Waals surface area contributed by atoms with Crippen molar-refractivity contribution >= 4 is 17.4 Å². The van der Waals surface area contributed by atoms with Crippen molar-refractivity contribution in [2.24, 2.45) is 56.7 Å². The summed E-state index contributed by atoms with van der Waals surface area (Å²) in [6, 6.07) is 7.62. The Balaban J connectivity index is 1.15. The average Bonchev–Trinajstić information content (AvgIpc) is 3.63. The highest BCUT2D eigenvalue weighted by Crippen LogP contribution is 2.77. The number of carboxylic acid groups (broad SMARTS) is 1. The standard InChI is InChI=1S/C43H62N2O3/c1-28(2)31-16-21-43(27-44-24-26-45-25-8-9-36(45)46)23-22-41(6)33(37(31)43)14-15-35-40(5)19-17-32(29-10-12-30(13-11-29)38(47)48)39(3,4)34(40)18-20-42(35,41)7/h10-13,17,31,33-35,37,44H,1,8-9,14-16,18-27H2,2-7H3,(H,47,48)/t31-,33+,34-,35+,37+,40-,41+,42+,43+/m0/s1. The molecule has 0 unspecified atom stereocenters. The molecule has 0 aromatic heterocycles. The Morgan fingerprint density at radius 3 is 2.38 bits per heavy atom. The Kier molecular flexibility index (Phi) is 8.41. The van der Waals surface area contributed by atoms with Crippen molar-refractivity contribution in [3.05, 3.63) is 53.6 Å². The third kappa shape index (κ3) is 4.94. The zero-order valence-corrected chi connectivity index (χ0v) is 30.8. The molecular formula is C43H62N2O3. The van der Waals surface area contributed by atoms with Gasteiger partial charge in [-0.25, -0.2) is 4.79 Å². The van der Waals surface area contributed by atoms with Gasteiger partial charge < -0.3 is 15.3 Å². The fraction of sp³-hybridized carbons (Fsp3) is 0.721. The number of rotatable bonds is 8. The van der Waals surface area contributed by atoms with Gasteiger partial charge in [0, 0.05) is 32.6 Å². The van der Waals surface area contributed by atoms with E-state index >= 15 is 0 Å². The fourth-order valence-corrected chi connectivity index (χ4v) is 14.0. The molecule has 1 aromatic carbocycles. The maximum atomic E-state index is 12.2. The molecule has 1 heterocycles. The van der Waals surface area contributed by atoms with E-state index in [4.69, 9.17) is 0 Å². The number of aromatic carboxylic acids is 1. The molecule has 1 aliphatic heterocycles. The molecule has 7 rings (SSSR count). The quantitative estimate of drug-likeness (QED) is 0.217. The van der Waals surface area contributed by atoms with E-state index in [1.165, 1.54) is 68.1 Å². The lowest BCUT2D eigenvalue weighted by Crippen LogP contribution is -2.65. The average molecular weight is 655 g/mol. The Morgan fingerprint density at radius 1 is 0.958 bits per heavy atom. The SMILES string of the molecule is C=C(C)[C@@H]1CC[C@]2(CNCCN3CCCC3=O)CC[C@]3(C)[C@H](CC[C@@H]4[C@@]5(C)CC=C(c6ccc(C(=O)O)cc6)C(C)(C)[C@@H]5CC[C@]43C)[C@@H]12. The number of amides is 1. The molecule has 1 amide bonds. The lowest BCUT2D eigenvalue weighted by Gasteiger charge is -2.72. The second kappa shape index (κ2) is 11.8. The molecule has 4 saturated carbocycles. The molecule has 1 aromatic rings. The number of hydrogen-bond donors (Lipinski definition) is 2. The van der Waals surface area contributed by atoms with Crippen molar-refractivity contribution in [3.8, 4) is 0 Å². The van der Waals surface area contributed by atoms with E-state index in [2.05, 4.69) is 64.4 Å². The maximum Gasteiger partial charge on any atom is 0.335 e. The van der Waals surface area contributed by atoms with Gasteiger partial charge in [0.1, 0.15) is 0 Å². The third-order valence-electron chi connectivity index (χ3n) is 16.5. The van der Waals surface area contributed by atoms with Gasteiger partial charge in [0.05, 0.1) is 5.56 Å². The Bertz CT molecular complexity index is 1490. The van der Waals surface area contributed by atoms with Crippen molar-refractivity contribution in [1.29, 1.82) is 0 Å². The fourth-order valence-electron chi connectivity index (χ4n) is 14.0. The number of nitrogens with zero attached hydrogens (tertiary/aromatic N) is 1. The Hall–Kier alpha value is -2.40. The molecule has 0 spiro atoms. The lowest BCUT2D eigenvalue weighted by atomic mass is 9.32. The van der Waals surface area contributed by atoms with Gasteiger partial charge in [0.2, 0.25) is 5.91 Å². The molecule has 262 valence electrons. The molecule has 5 fully saturated rings. The number of fused-ring (bicyclic) bond motifs is 7. The van der Waals surface area contributed by atoms with Crippen LogP contribution in [0.15, 0.2) is 42.5 Å². The molecular weight excluding hydrogens is 592 g/mol. The zero-order chi connectivity index (χ0) is 34.3. The van der Waals surface area contributed by atoms with Crippen molar-refractivity contribution in [1.82, 2.24) is 10.2 Å². The van der Waals surface area contributed by atoms with Gasteiger partial charge in [-0.05, 0) is 151 Å². The van der Waals surface area contributed by atoms with Crippen LogP contribution in [0.4, 0.5) is 0 Å². The third-order valence-corrected chi connectivity index (χ3v) is 16.5. The molecule has 0 radical (unpaired) electrons. The number of likely N-dealkylation sites (tertiary alicyclic amines) is 1. The van der Waals surface area contributed by atoms with Crippen molar-refractivity contribution in [2.75, 3.05) is 26.2 Å². The summed E-state index contributed by atoms with van der Waals surface area (Å²) in [6.07, 6.45) is 15.9. The summed E-state index contributed by atoms with van der Waals surface area (Å²) in [6.45, 7) is 23.7. The van der Waals surface area contributed by atoms with E-state index in [0.717, 1.165) is 51.4 Å². The summed E-state index contributed by atoms with van der Waals surface area (Å²) in [5.41, 5.74) is 5.60. The number of carboxylic acids is 1. The summed E-state index contributed by atoms with van der Waals surface area (Å²) in [5.74, 6) is 2.82. The van der Waals surface area contributed by atoms with Gasteiger partial charge in [-0.3, -0.25) is 4.79 Å². The van der Waals surface area contributed by atoms with E-state index < -0.39 is 5.97 Å². The normalized spacial score (nSPS) is 41.5. The second-order valence-electron chi connectivity index (χ2n) is 18.6. The molecule has 6 aliphatic rings. The van der Waals surface area contributed by atoms with Crippen LogP contribution in [0.3, 0.4) is 0 Å². The van der Waals surface area contributed by atoms with E-state index in [1.54, 1.807) is 12.1 Å². The minimum Gasteiger partial charge on any atom is -0.478 e. The molecule has 5 nitrogen and oxygen atoms in total. The summed E-state index contributed by atoms with van der Waals surface area (Å²) < 4.78 is 0. The van der Waals surface area contributed by atoms with E-state index in [1.807, 2.05) is 12.1 Å². The zero-order valence-electron chi connectivity index (χ0n) is 30.8. The summed E-state index contributed by atoms with van der Waals surface area (Å²) in [5, 5.41) is 13.4. The number of carbonyl (C=O) groups excluding carboxylic acids is 1. The number of hydrogen-bond acceptors (Lipinski definition) is 3. The number of carbonyl (C=O) groups is 2. The van der Waals surface area contributed by atoms with Gasteiger partial charge in [0.25, 0.3) is 0 Å². The molecule has 0 bridgehead atoms. The highest BCUT2D eigenvalue weighted by molar-refractivity contribution is 5.88. The summed E-state index contributed by atoms with van der Waals surface area (Å²) in [4.78, 5) is 25.8. The van der Waals surface area contributed by atoms with Crippen LogP contribution >= 0.6 is 0 Å². The monoisotopic (exact) mass is 654 g/mol. The van der Waals surface area contributed by atoms with Gasteiger partial charge in [-0.2, -0.15) is 0 Å². The first-order valence-electron chi connectivity index (χ1n) is 19.4. The maximum absolute atomic E-state index is 12.2. The summed E-state index contributed by atoms with van der Waals surface area (Å²) >= 11 is 0. The molecule has 5 aliphatic carbocycles. The van der Waals surface area contributed by atoms with Gasteiger partial charge in [-0.1, -0.05) is 65.0 Å². The van der Waals surface area contributed by atoms with Crippen LogP contribution in [0.5, 0.6) is 0 Å². The second-order valence-corrected chi connectivity index (χ2v) is 18.6. The largest absolute Gasteiger partial charge is 0.478 e. The minimum atomic E-state index is -0.861. The first kappa shape index (κ1) is 34.1. The Labute approximate surface area is 290 Å². The topological polar surface area (TPSA) is 69.6 Å². The van der Waals surface area contributed by atoms with Crippen LogP contribution in [0, 0.1) is 56.7 Å². The van der Waals surface area contributed by atoms with Crippen LogP contribution in [0.1, 0.15) is 128 Å². The Morgan fingerprint density at radius 2 is 1.71 bits per heavy atom. The highest BCUT2D eigenvalue weighted by atomic mass is 16.4. The van der Waals surface area contributed by atoms with Gasteiger partial charge >= 0.3 is 5.97 Å².